The first-order chi connectivity index (χ1) is 11.5. The normalized spacial score (nSPS) is 16.9. The predicted octanol–water partition coefficient (Wildman–Crippen LogP) is 2.39. The molecule has 134 valence electrons. The van der Waals surface area contributed by atoms with Crippen molar-refractivity contribution in [3.8, 4) is 0 Å². The number of anilines is 1. The zero-order chi connectivity index (χ0) is 17.5. The lowest BCUT2D eigenvalue weighted by Crippen LogP contribution is -2.37. The Bertz CT molecular complexity index is 545. The number of carbonyl (C=O) groups excluding carboxylic acids is 1. The molecule has 1 heterocycles. The van der Waals surface area contributed by atoms with E-state index in [2.05, 4.69) is 10.2 Å². The number of halogens is 1. The van der Waals surface area contributed by atoms with Crippen molar-refractivity contribution in [3.05, 3.63) is 29.6 Å². The van der Waals surface area contributed by atoms with E-state index in [-0.39, 0.29) is 23.9 Å². The Kier molecular flexibility index (Phi) is 6.99. The van der Waals surface area contributed by atoms with Gasteiger partial charge < -0.3 is 20.1 Å². The summed E-state index contributed by atoms with van der Waals surface area (Å²) in [6.45, 7) is 6.12. The first kappa shape index (κ1) is 18.7. The molecule has 0 aromatic heterocycles. The van der Waals surface area contributed by atoms with E-state index in [9.17, 15) is 14.3 Å². The molecular weight excluding hydrogens is 311 g/mol. The van der Waals surface area contributed by atoms with Crippen LogP contribution in [-0.4, -0.2) is 43.4 Å². The third-order valence-corrected chi connectivity index (χ3v) is 4.35. The number of aliphatic hydroxyl groups excluding tert-OH is 1. The minimum atomic E-state index is -0.273. The Morgan fingerprint density at radius 2 is 2.17 bits per heavy atom. The van der Waals surface area contributed by atoms with E-state index in [4.69, 9.17) is 4.74 Å². The van der Waals surface area contributed by atoms with Gasteiger partial charge in [0.15, 0.2) is 0 Å². The summed E-state index contributed by atoms with van der Waals surface area (Å²) in [4.78, 5) is 13.6. The minimum Gasteiger partial charge on any atom is -0.466 e. The third kappa shape index (κ3) is 5.18. The van der Waals surface area contributed by atoms with Gasteiger partial charge in [0.05, 0.1) is 19.1 Å². The van der Waals surface area contributed by atoms with Crippen molar-refractivity contribution < 1.29 is 19.0 Å². The van der Waals surface area contributed by atoms with Gasteiger partial charge in [0, 0.05) is 31.4 Å². The fourth-order valence-corrected chi connectivity index (χ4v) is 3.00. The van der Waals surface area contributed by atoms with Crippen molar-refractivity contribution in [2.75, 3.05) is 31.1 Å². The maximum absolute atomic E-state index is 13.7. The SMILES string of the molecule is CCOC(=O)CCNC(C)c1cc(F)ccc1N1CCC(O)CC1. The number of rotatable bonds is 7. The molecule has 0 radical (unpaired) electrons. The summed E-state index contributed by atoms with van der Waals surface area (Å²) >= 11 is 0. The second-order valence-electron chi connectivity index (χ2n) is 6.15. The van der Waals surface area contributed by atoms with Gasteiger partial charge in [0.2, 0.25) is 0 Å². The number of carbonyl (C=O) groups is 1. The number of aliphatic hydroxyl groups is 1. The molecule has 1 aromatic rings. The number of hydrogen-bond donors (Lipinski definition) is 2. The second-order valence-corrected chi connectivity index (χ2v) is 6.15. The molecule has 1 unspecified atom stereocenters. The molecule has 1 aliphatic rings. The molecule has 1 aliphatic heterocycles. The van der Waals surface area contributed by atoms with Crippen LogP contribution >= 0.6 is 0 Å². The van der Waals surface area contributed by atoms with Gasteiger partial charge in [-0.25, -0.2) is 4.39 Å². The first-order valence-electron chi connectivity index (χ1n) is 8.62. The van der Waals surface area contributed by atoms with Crippen LogP contribution in [0, 0.1) is 5.82 Å². The summed E-state index contributed by atoms with van der Waals surface area (Å²) in [5.41, 5.74) is 1.86. The largest absolute Gasteiger partial charge is 0.466 e. The molecule has 2 N–H and O–H groups in total. The monoisotopic (exact) mass is 338 g/mol. The molecule has 1 fully saturated rings. The Hall–Kier alpha value is -1.66. The van der Waals surface area contributed by atoms with Gasteiger partial charge >= 0.3 is 5.97 Å². The quantitative estimate of drug-likeness (QED) is 0.748. The van der Waals surface area contributed by atoms with Crippen LogP contribution in [0.5, 0.6) is 0 Å². The number of ether oxygens (including phenoxy) is 1. The van der Waals surface area contributed by atoms with Gasteiger partial charge in [-0.3, -0.25) is 4.79 Å². The van der Waals surface area contributed by atoms with Crippen LogP contribution in [0.3, 0.4) is 0 Å². The van der Waals surface area contributed by atoms with Crippen molar-refractivity contribution in [1.82, 2.24) is 5.32 Å². The Morgan fingerprint density at radius 3 is 2.83 bits per heavy atom. The fraction of sp³-hybridized carbons (Fsp3) is 0.611. The molecule has 24 heavy (non-hydrogen) atoms. The average molecular weight is 338 g/mol. The molecule has 0 spiro atoms. The van der Waals surface area contributed by atoms with Gasteiger partial charge in [-0.15, -0.1) is 0 Å². The second kappa shape index (κ2) is 8.99. The van der Waals surface area contributed by atoms with E-state index < -0.39 is 0 Å². The van der Waals surface area contributed by atoms with E-state index in [0.717, 1.165) is 37.2 Å². The average Bonchev–Trinajstić information content (AvgIpc) is 2.56. The zero-order valence-electron chi connectivity index (χ0n) is 14.4. The van der Waals surface area contributed by atoms with Crippen LogP contribution in [0.4, 0.5) is 10.1 Å². The van der Waals surface area contributed by atoms with Crippen LogP contribution < -0.4 is 10.2 Å². The molecule has 1 aromatic carbocycles. The Balaban J connectivity index is 2.02. The maximum atomic E-state index is 13.7. The van der Waals surface area contributed by atoms with Gasteiger partial charge in [0.1, 0.15) is 5.82 Å². The highest BCUT2D eigenvalue weighted by Gasteiger charge is 2.21. The molecule has 2 rings (SSSR count). The number of piperidine rings is 1. The van der Waals surface area contributed by atoms with Crippen molar-refractivity contribution in [3.63, 3.8) is 0 Å². The predicted molar refractivity (Wildman–Crippen MR) is 91.5 cm³/mol. The highest BCUT2D eigenvalue weighted by atomic mass is 19.1. The van der Waals surface area contributed by atoms with Gasteiger partial charge in [-0.05, 0) is 50.5 Å². The summed E-state index contributed by atoms with van der Waals surface area (Å²) in [5.74, 6) is -0.508. The van der Waals surface area contributed by atoms with Crippen LogP contribution in [0.1, 0.15) is 44.7 Å². The van der Waals surface area contributed by atoms with E-state index in [1.165, 1.54) is 6.07 Å². The standard InChI is InChI=1S/C18H27FN2O3/c1-3-24-18(23)6-9-20-13(2)16-12-14(19)4-5-17(16)21-10-7-15(22)8-11-21/h4-5,12-13,15,20,22H,3,6-11H2,1-2H3. The Morgan fingerprint density at radius 1 is 1.46 bits per heavy atom. The zero-order valence-corrected chi connectivity index (χ0v) is 14.4. The first-order valence-corrected chi connectivity index (χ1v) is 8.62. The summed E-state index contributed by atoms with van der Waals surface area (Å²) in [6.07, 6.45) is 1.49. The highest BCUT2D eigenvalue weighted by Crippen LogP contribution is 2.29. The van der Waals surface area contributed by atoms with Gasteiger partial charge in [-0.2, -0.15) is 0 Å². The molecule has 6 heteroatoms. The lowest BCUT2D eigenvalue weighted by Gasteiger charge is -2.34. The lowest BCUT2D eigenvalue weighted by atomic mass is 10.0. The van der Waals surface area contributed by atoms with E-state index in [0.29, 0.717) is 19.6 Å². The van der Waals surface area contributed by atoms with Crippen molar-refractivity contribution in [2.24, 2.45) is 0 Å². The van der Waals surface area contributed by atoms with Crippen molar-refractivity contribution in [1.29, 1.82) is 0 Å². The van der Waals surface area contributed by atoms with Crippen LogP contribution in [0.15, 0.2) is 18.2 Å². The fourth-order valence-electron chi connectivity index (χ4n) is 3.00. The topological polar surface area (TPSA) is 61.8 Å². The molecule has 0 saturated carbocycles. The van der Waals surface area contributed by atoms with Gasteiger partial charge in [0.25, 0.3) is 0 Å². The van der Waals surface area contributed by atoms with E-state index in [1.807, 2.05) is 6.92 Å². The summed E-state index contributed by atoms with van der Waals surface area (Å²) in [6, 6.07) is 4.72. The van der Waals surface area contributed by atoms with Crippen LogP contribution in [0.2, 0.25) is 0 Å². The maximum Gasteiger partial charge on any atom is 0.307 e. The number of hydrogen-bond acceptors (Lipinski definition) is 5. The van der Waals surface area contributed by atoms with Crippen LogP contribution in [0.25, 0.3) is 0 Å². The third-order valence-electron chi connectivity index (χ3n) is 4.35. The van der Waals surface area contributed by atoms with Crippen molar-refractivity contribution in [2.45, 2.75) is 45.3 Å². The number of nitrogens with one attached hydrogen (secondary N) is 1. The summed E-state index contributed by atoms with van der Waals surface area (Å²) in [7, 11) is 0. The number of nitrogens with zero attached hydrogens (tertiary/aromatic N) is 1. The minimum absolute atomic E-state index is 0.0861. The van der Waals surface area contributed by atoms with Gasteiger partial charge in [-0.1, -0.05) is 0 Å². The lowest BCUT2D eigenvalue weighted by molar-refractivity contribution is -0.143. The molecule has 1 saturated heterocycles. The Labute approximate surface area is 142 Å². The molecule has 0 aliphatic carbocycles. The van der Waals surface area contributed by atoms with Crippen LogP contribution in [-0.2, 0) is 9.53 Å². The van der Waals surface area contributed by atoms with E-state index in [1.54, 1.807) is 19.1 Å². The summed E-state index contributed by atoms with van der Waals surface area (Å²) in [5, 5.41) is 12.9. The van der Waals surface area contributed by atoms with Crippen molar-refractivity contribution >= 4 is 11.7 Å². The molecule has 5 nitrogen and oxygen atoms in total. The highest BCUT2D eigenvalue weighted by molar-refractivity contribution is 5.69. The molecule has 0 amide bonds. The molecule has 1 atom stereocenters. The molecular formula is C18H27FN2O3. The number of esters is 1. The summed E-state index contributed by atoms with van der Waals surface area (Å²) < 4.78 is 18.6. The smallest absolute Gasteiger partial charge is 0.307 e. The number of benzene rings is 1. The van der Waals surface area contributed by atoms with E-state index >= 15 is 0 Å². The molecule has 0 bridgehead atoms.